The number of pyridine rings is 1. The van der Waals surface area contributed by atoms with E-state index in [1.165, 1.54) is 19.2 Å². The van der Waals surface area contributed by atoms with Crippen LogP contribution in [-0.4, -0.2) is 42.0 Å². The van der Waals surface area contributed by atoms with Crippen LogP contribution in [0.3, 0.4) is 0 Å². The van der Waals surface area contributed by atoms with Crippen LogP contribution in [0.25, 0.3) is 11.1 Å². The summed E-state index contributed by atoms with van der Waals surface area (Å²) in [5.41, 5.74) is 4.99. The summed E-state index contributed by atoms with van der Waals surface area (Å²) in [5.74, 6) is -1.56. The number of carbonyl (C=O) groups is 2. The molecule has 4 rings (SSSR count). The van der Waals surface area contributed by atoms with Crippen LogP contribution in [0.5, 0.6) is 0 Å². The van der Waals surface area contributed by atoms with Crippen molar-refractivity contribution in [3.63, 3.8) is 0 Å². The van der Waals surface area contributed by atoms with Crippen LogP contribution < -0.4 is 10.2 Å². The fourth-order valence-electron chi connectivity index (χ4n) is 4.74. The molecule has 42 heavy (non-hydrogen) atoms. The Bertz CT molecular complexity index is 1510. The van der Waals surface area contributed by atoms with Gasteiger partial charge in [-0.2, -0.15) is 11.8 Å². The Morgan fingerprint density at radius 2 is 1.69 bits per heavy atom. The third kappa shape index (κ3) is 7.94. The van der Waals surface area contributed by atoms with E-state index >= 15 is 0 Å². The number of hydrogen-bond acceptors (Lipinski definition) is 6. The Labute approximate surface area is 249 Å². The number of amides is 1. The predicted molar refractivity (Wildman–Crippen MR) is 163 cm³/mol. The van der Waals surface area contributed by atoms with Gasteiger partial charge in [0, 0.05) is 42.8 Å². The minimum absolute atomic E-state index is 0.303. The lowest BCUT2D eigenvalue weighted by atomic mass is 9.93. The maximum atomic E-state index is 14.2. The molecule has 0 aliphatic carbocycles. The molecule has 1 atom stereocenters. The first kappa shape index (κ1) is 30.7. The minimum Gasteiger partial charge on any atom is -0.467 e. The minimum atomic E-state index is -0.780. The second-order valence-corrected chi connectivity index (χ2v) is 10.9. The van der Waals surface area contributed by atoms with E-state index < -0.39 is 29.6 Å². The molecule has 0 saturated heterocycles. The number of anilines is 1. The molecule has 1 heterocycles. The van der Waals surface area contributed by atoms with Crippen LogP contribution in [0.1, 0.15) is 33.5 Å². The molecule has 4 aromatic rings. The number of aromatic nitrogens is 1. The van der Waals surface area contributed by atoms with Gasteiger partial charge in [-0.15, -0.1) is 0 Å². The highest BCUT2D eigenvalue weighted by Crippen LogP contribution is 2.30. The smallest absolute Gasteiger partial charge is 0.328 e. The maximum Gasteiger partial charge on any atom is 0.328 e. The molecule has 0 aliphatic rings. The highest BCUT2D eigenvalue weighted by atomic mass is 32.2. The zero-order valence-electron chi connectivity index (χ0n) is 23.8. The summed E-state index contributed by atoms with van der Waals surface area (Å²) in [7, 11) is 1.30. The molecule has 1 amide bonds. The summed E-state index contributed by atoms with van der Waals surface area (Å²) in [6.45, 7) is 2.62. The van der Waals surface area contributed by atoms with Gasteiger partial charge in [-0.05, 0) is 83.5 Å². The molecule has 3 aromatic carbocycles. The molecule has 0 unspecified atom stereocenters. The van der Waals surface area contributed by atoms with E-state index in [1.54, 1.807) is 30.2 Å². The summed E-state index contributed by atoms with van der Waals surface area (Å²) in [5, 5.41) is 2.85. The number of methoxy groups -OCH3 is 1. The van der Waals surface area contributed by atoms with E-state index in [1.807, 2.05) is 66.6 Å². The second kappa shape index (κ2) is 14.6. The average molecular weight is 590 g/mol. The quantitative estimate of drug-likeness (QED) is 0.189. The van der Waals surface area contributed by atoms with E-state index in [0.717, 1.165) is 28.3 Å². The van der Waals surface area contributed by atoms with Crippen LogP contribution in [0.2, 0.25) is 0 Å². The van der Waals surface area contributed by atoms with Gasteiger partial charge in [-0.25, -0.2) is 13.6 Å². The van der Waals surface area contributed by atoms with E-state index in [0.29, 0.717) is 42.1 Å². The van der Waals surface area contributed by atoms with Crippen molar-refractivity contribution in [1.29, 1.82) is 0 Å². The van der Waals surface area contributed by atoms with Crippen molar-refractivity contribution in [1.82, 2.24) is 10.3 Å². The monoisotopic (exact) mass is 589 g/mol. The summed E-state index contributed by atoms with van der Waals surface area (Å²) >= 11 is 1.58. The summed E-state index contributed by atoms with van der Waals surface area (Å²) < 4.78 is 33.4. The van der Waals surface area contributed by atoms with Crippen molar-refractivity contribution in [2.45, 2.75) is 32.5 Å². The van der Waals surface area contributed by atoms with Gasteiger partial charge >= 0.3 is 5.97 Å². The van der Waals surface area contributed by atoms with Crippen LogP contribution in [0.15, 0.2) is 85.2 Å². The third-order valence-corrected chi connectivity index (χ3v) is 7.49. The van der Waals surface area contributed by atoms with Crippen LogP contribution in [0.4, 0.5) is 14.5 Å². The van der Waals surface area contributed by atoms with E-state index in [9.17, 15) is 18.4 Å². The van der Waals surface area contributed by atoms with Crippen molar-refractivity contribution < 1.29 is 23.1 Å². The number of aryl methyl sites for hydroxylation is 1. The number of halogens is 2. The Kier molecular flexibility index (Phi) is 10.7. The molecule has 218 valence electrons. The standard InChI is InChI=1S/C33H33F2N3O3S/c1-22-7-4-5-9-28(22)30-15-23(10-11-29(30)32(39)37-31(12-14-42-3)33(40)41-2)20-38(21-24-8-6-13-36-19-24)27-17-25(34)16-26(35)18-27/h4-11,13,15-19,31H,12,14,20-21H2,1-3H3,(H,37,39)/t31-/m0/s1. The lowest BCUT2D eigenvalue weighted by molar-refractivity contribution is -0.142. The molecule has 0 spiro atoms. The van der Waals surface area contributed by atoms with Crippen molar-refractivity contribution in [3.05, 3.63) is 119 Å². The zero-order valence-corrected chi connectivity index (χ0v) is 24.6. The highest BCUT2D eigenvalue weighted by Gasteiger charge is 2.24. The molecular weight excluding hydrogens is 556 g/mol. The van der Waals surface area contributed by atoms with Crippen LogP contribution >= 0.6 is 11.8 Å². The Hall–Kier alpha value is -4.24. The average Bonchev–Trinajstić information content (AvgIpc) is 2.98. The number of nitrogens with zero attached hydrogens (tertiary/aromatic N) is 2. The molecule has 0 aliphatic heterocycles. The van der Waals surface area contributed by atoms with E-state index in [-0.39, 0.29) is 0 Å². The number of benzene rings is 3. The van der Waals surface area contributed by atoms with Crippen molar-refractivity contribution in [2.24, 2.45) is 0 Å². The first-order valence-electron chi connectivity index (χ1n) is 13.5. The first-order chi connectivity index (χ1) is 20.3. The molecule has 0 bridgehead atoms. The number of hydrogen-bond donors (Lipinski definition) is 1. The number of nitrogens with one attached hydrogen (secondary N) is 1. The van der Waals surface area contributed by atoms with Gasteiger partial charge in [-0.1, -0.05) is 36.4 Å². The third-order valence-electron chi connectivity index (χ3n) is 6.85. The molecule has 9 heteroatoms. The van der Waals surface area contributed by atoms with Crippen LogP contribution in [-0.2, 0) is 22.6 Å². The largest absolute Gasteiger partial charge is 0.467 e. The Morgan fingerprint density at radius 1 is 0.952 bits per heavy atom. The molecule has 1 aromatic heterocycles. The van der Waals surface area contributed by atoms with Gasteiger partial charge in [0.15, 0.2) is 0 Å². The molecule has 0 saturated carbocycles. The summed E-state index contributed by atoms with van der Waals surface area (Å²) in [6.07, 6.45) is 5.75. The fraction of sp³-hybridized carbons (Fsp3) is 0.242. The molecule has 1 N–H and O–H groups in total. The fourth-order valence-corrected chi connectivity index (χ4v) is 5.21. The SMILES string of the molecule is COC(=O)[C@H](CCSC)NC(=O)c1ccc(CN(Cc2cccnc2)c2cc(F)cc(F)c2)cc1-c1ccccc1C. The first-order valence-corrected chi connectivity index (χ1v) is 14.8. The van der Waals surface area contributed by atoms with Crippen molar-refractivity contribution >= 4 is 29.3 Å². The zero-order chi connectivity index (χ0) is 30.1. The lowest BCUT2D eigenvalue weighted by Crippen LogP contribution is -2.42. The van der Waals surface area contributed by atoms with Gasteiger partial charge in [0.05, 0.1) is 7.11 Å². The Morgan fingerprint density at radius 3 is 2.36 bits per heavy atom. The van der Waals surface area contributed by atoms with Gasteiger partial charge < -0.3 is 15.0 Å². The van der Waals surface area contributed by atoms with E-state index in [2.05, 4.69) is 10.3 Å². The molecule has 0 fully saturated rings. The maximum absolute atomic E-state index is 14.2. The van der Waals surface area contributed by atoms with E-state index in [4.69, 9.17) is 4.74 Å². The topological polar surface area (TPSA) is 71.5 Å². The Balaban J connectivity index is 1.73. The van der Waals surface area contributed by atoms with Crippen molar-refractivity contribution in [3.8, 4) is 11.1 Å². The normalized spacial score (nSPS) is 11.5. The number of esters is 1. The highest BCUT2D eigenvalue weighted by molar-refractivity contribution is 7.98. The number of carbonyl (C=O) groups excluding carboxylic acids is 2. The van der Waals surface area contributed by atoms with Gasteiger partial charge in [0.1, 0.15) is 17.7 Å². The van der Waals surface area contributed by atoms with Crippen LogP contribution in [0, 0.1) is 18.6 Å². The number of rotatable bonds is 12. The lowest BCUT2D eigenvalue weighted by Gasteiger charge is -2.26. The van der Waals surface area contributed by atoms with Crippen molar-refractivity contribution in [2.75, 3.05) is 24.0 Å². The molecule has 0 radical (unpaired) electrons. The van der Waals surface area contributed by atoms with Gasteiger partial charge in [0.2, 0.25) is 0 Å². The summed E-state index contributed by atoms with van der Waals surface area (Å²) in [6, 6.07) is 19.5. The predicted octanol–water partition coefficient (Wildman–Crippen LogP) is 6.57. The van der Waals surface area contributed by atoms with Gasteiger partial charge in [0.25, 0.3) is 5.91 Å². The summed E-state index contributed by atoms with van der Waals surface area (Å²) in [4.78, 5) is 32.0. The number of ether oxygens (including phenoxy) is 1. The van der Waals surface area contributed by atoms with Gasteiger partial charge in [-0.3, -0.25) is 9.78 Å². The second-order valence-electron chi connectivity index (χ2n) is 9.87. The molecular formula is C33H33F2N3O3S. The number of thioether (sulfide) groups is 1. The molecule has 6 nitrogen and oxygen atoms in total.